The Labute approximate surface area is 117 Å². The maximum atomic E-state index is 13.2. The lowest BCUT2D eigenvalue weighted by molar-refractivity contribution is -0.145. The molecule has 2 N–H and O–H groups in total. The average Bonchev–Trinajstić information content (AvgIpc) is 2.33. The molecule has 1 aromatic carbocycles. The summed E-state index contributed by atoms with van der Waals surface area (Å²) in [6.07, 6.45) is 2.80. The Bertz CT molecular complexity index is 526. The van der Waals surface area contributed by atoms with Gasteiger partial charge in [-0.1, -0.05) is 18.6 Å². The van der Waals surface area contributed by atoms with Crippen LogP contribution in [0.5, 0.6) is 0 Å². The minimum atomic E-state index is -1.06. The molecule has 0 aliphatic heterocycles. The quantitative estimate of drug-likeness (QED) is 0.867. The van der Waals surface area contributed by atoms with Crippen LogP contribution in [-0.4, -0.2) is 23.0 Å². The van der Waals surface area contributed by atoms with Gasteiger partial charge in [-0.05, 0) is 43.9 Å². The van der Waals surface area contributed by atoms with E-state index in [2.05, 4.69) is 5.32 Å². The van der Waals surface area contributed by atoms with E-state index in [1.807, 2.05) is 0 Å². The summed E-state index contributed by atoms with van der Waals surface area (Å²) in [6.45, 7) is 1.44. The molecule has 0 aromatic heterocycles. The molecule has 0 saturated heterocycles. The molecule has 108 valence electrons. The fourth-order valence-electron chi connectivity index (χ4n) is 2.54. The van der Waals surface area contributed by atoms with Crippen molar-refractivity contribution >= 4 is 11.9 Å². The monoisotopic (exact) mass is 279 g/mol. The number of amides is 1. The maximum Gasteiger partial charge on any atom is 0.325 e. The molecule has 1 aromatic rings. The fourth-order valence-corrected chi connectivity index (χ4v) is 2.54. The Hall–Kier alpha value is -1.91. The van der Waals surface area contributed by atoms with Crippen LogP contribution in [0.1, 0.15) is 31.7 Å². The van der Waals surface area contributed by atoms with Crippen molar-refractivity contribution in [2.75, 3.05) is 0 Å². The van der Waals surface area contributed by atoms with Gasteiger partial charge in [-0.15, -0.1) is 0 Å². The van der Waals surface area contributed by atoms with E-state index < -0.39 is 17.4 Å². The lowest BCUT2D eigenvalue weighted by Gasteiger charge is -2.40. The number of carboxylic acid groups (broad SMARTS) is 1. The zero-order valence-corrected chi connectivity index (χ0v) is 11.4. The summed E-state index contributed by atoms with van der Waals surface area (Å²) < 4.78 is 13.2. The summed E-state index contributed by atoms with van der Waals surface area (Å²) >= 11 is 0. The Morgan fingerprint density at radius 1 is 1.45 bits per heavy atom. The Morgan fingerprint density at radius 2 is 2.15 bits per heavy atom. The SMILES string of the molecule is CC(NC(=O)C1(Cc2cccc(F)c2)CCC1)C(=O)O. The second-order valence-corrected chi connectivity index (χ2v) is 5.47. The molecular formula is C15H18FNO3. The first kappa shape index (κ1) is 14.5. The first-order valence-electron chi connectivity index (χ1n) is 6.71. The van der Waals surface area contributed by atoms with Crippen LogP contribution in [0.2, 0.25) is 0 Å². The predicted octanol–water partition coefficient (Wildman–Crippen LogP) is 2.13. The molecule has 4 nitrogen and oxygen atoms in total. The lowest BCUT2D eigenvalue weighted by atomic mass is 9.64. The summed E-state index contributed by atoms with van der Waals surface area (Å²) in [7, 11) is 0. The van der Waals surface area contributed by atoms with E-state index in [9.17, 15) is 14.0 Å². The molecule has 5 heteroatoms. The van der Waals surface area contributed by atoms with Crippen LogP contribution in [-0.2, 0) is 16.0 Å². The summed E-state index contributed by atoms with van der Waals surface area (Å²) in [5.41, 5.74) is 0.181. The highest BCUT2D eigenvalue weighted by atomic mass is 19.1. The number of halogens is 1. The van der Waals surface area contributed by atoms with E-state index in [1.165, 1.54) is 19.1 Å². The van der Waals surface area contributed by atoms with Crippen molar-refractivity contribution in [3.05, 3.63) is 35.6 Å². The number of carboxylic acids is 1. The van der Waals surface area contributed by atoms with Gasteiger partial charge in [-0.25, -0.2) is 4.39 Å². The third-order valence-electron chi connectivity index (χ3n) is 3.94. The molecule has 0 bridgehead atoms. The molecule has 1 unspecified atom stereocenters. The number of benzene rings is 1. The number of hydrogen-bond acceptors (Lipinski definition) is 2. The lowest BCUT2D eigenvalue weighted by Crippen LogP contribution is -2.51. The summed E-state index contributed by atoms with van der Waals surface area (Å²) in [4.78, 5) is 23.1. The molecule has 0 heterocycles. The first-order chi connectivity index (χ1) is 9.43. The zero-order chi connectivity index (χ0) is 14.8. The van der Waals surface area contributed by atoms with Crippen molar-refractivity contribution in [3.63, 3.8) is 0 Å². The van der Waals surface area contributed by atoms with Crippen LogP contribution in [0.3, 0.4) is 0 Å². The Kier molecular flexibility index (Phi) is 4.06. The number of hydrogen-bond donors (Lipinski definition) is 2. The molecule has 1 saturated carbocycles. The highest BCUT2D eigenvalue weighted by Gasteiger charge is 2.44. The van der Waals surface area contributed by atoms with Crippen molar-refractivity contribution < 1.29 is 19.1 Å². The Morgan fingerprint density at radius 3 is 2.65 bits per heavy atom. The van der Waals surface area contributed by atoms with E-state index in [-0.39, 0.29) is 11.7 Å². The Balaban J connectivity index is 2.09. The molecule has 1 aliphatic rings. The van der Waals surface area contributed by atoms with Crippen LogP contribution >= 0.6 is 0 Å². The molecule has 1 atom stereocenters. The normalized spacial score (nSPS) is 17.9. The van der Waals surface area contributed by atoms with Gasteiger partial charge in [0.1, 0.15) is 11.9 Å². The van der Waals surface area contributed by atoms with E-state index in [4.69, 9.17) is 5.11 Å². The number of carbonyl (C=O) groups excluding carboxylic acids is 1. The van der Waals surface area contributed by atoms with Gasteiger partial charge in [0.05, 0.1) is 5.41 Å². The number of aliphatic carboxylic acids is 1. The topological polar surface area (TPSA) is 66.4 Å². The summed E-state index contributed by atoms with van der Waals surface area (Å²) in [5, 5.41) is 11.4. The third-order valence-corrected chi connectivity index (χ3v) is 3.94. The van der Waals surface area contributed by atoms with Crippen molar-refractivity contribution in [1.29, 1.82) is 0 Å². The van der Waals surface area contributed by atoms with Crippen LogP contribution in [0.25, 0.3) is 0 Å². The third kappa shape index (κ3) is 2.98. The second kappa shape index (κ2) is 5.61. The maximum absolute atomic E-state index is 13.2. The number of rotatable bonds is 5. The minimum absolute atomic E-state index is 0.247. The van der Waals surface area contributed by atoms with Crippen molar-refractivity contribution in [1.82, 2.24) is 5.32 Å². The molecule has 20 heavy (non-hydrogen) atoms. The fraction of sp³-hybridized carbons (Fsp3) is 0.467. The number of nitrogens with one attached hydrogen (secondary N) is 1. The van der Waals surface area contributed by atoms with Crippen molar-refractivity contribution in [2.45, 2.75) is 38.6 Å². The van der Waals surface area contributed by atoms with E-state index >= 15 is 0 Å². The van der Waals surface area contributed by atoms with Gasteiger partial charge in [0.15, 0.2) is 0 Å². The molecule has 0 radical (unpaired) electrons. The summed E-state index contributed by atoms with van der Waals surface area (Å²) in [6, 6.07) is 5.29. The largest absolute Gasteiger partial charge is 0.480 e. The van der Waals surface area contributed by atoms with E-state index in [0.29, 0.717) is 19.3 Å². The minimum Gasteiger partial charge on any atom is -0.480 e. The first-order valence-corrected chi connectivity index (χ1v) is 6.71. The molecule has 1 amide bonds. The van der Waals surface area contributed by atoms with Crippen LogP contribution < -0.4 is 5.32 Å². The van der Waals surface area contributed by atoms with Gasteiger partial charge in [-0.3, -0.25) is 9.59 Å². The second-order valence-electron chi connectivity index (χ2n) is 5.47. The smallest absolute Gasteiger partial charge is 0.325 e. The highest BCUT2D eigenvalue weighted by Crippen LogP contribution is 2.44. The van der Waals surface area contributed by atoms with Crippen molar-refractivity contribution in [2.24, 2.45) is 5.41 Å². The molecular weight excluding hydrogens is 261 g/mol. The van der Waals surface area contributed by atoms with Gasteiger partial charge >= 0.3 is 5.97 Å². The van der Waals surface area contributed by atoms with Crippen molar-refractivity contribution in [3.8, 4) is 0 Å². The highest BCUT2D eigenvalue weighted by molar-refractivity contribution is 5.88. The molecule has 0 spiro atoms. The van der Waals surface area contributed by atoms with Gasteiger partial charge in [-0.2, -0.15) is 0 Å². The van der Waals surface area contributed by atoms with Gasteiger partial charge in [0, 0.05) is 0 Å². The van der Waals surface area contributed by atoms with Gasteiger partial charge in [0.25, 0.3) is 0 Å². The average molecular weight is 279 g/mol. The number of carbonyl (C=O) groups is 2. The van der Waals surface area contributed by atoms with Crippen LogP contribution in [0.4, 0.5) is 4.39 Å². The predicted molar refractivity (Wildman–Crippen MR) is 71.6 cm³/mol. The van der Waals surface area contributed by atoms with Crippen LogP contribution in [0.15, 0.2) is 24.3 Å². The molecule has 1 fully saturated rings. The standard InChI is InChI=1S/C15H18FNO3/c1-10(13(18)19)17-14(20)15(6-3-7-15)9-11-4-2-5-12(16)8-11/h2,4-5,8,10H,3,6-7,9H2,1H3,(H,17,20)(H,18,19). The van der Waals surface area contributed by atoms with Gasteiger partial charge < -0.3 is 10.4 Å². The van der Waals surface area contributed by atoms with Crippen LogP contribution in [0, 0.1) is 11.2 Å². The summed E-state index contributed by atoms with van der Waals surface area (Å²) in [5.74, 6) is -1.63. The molecule has 2 rings (SSSR count). The zero-order valence-electron chi connectivity index (χ0n) is 11.4. The van der Waals surface area contributed by atoms with E-state index in [0.717, 1.165) is 12.0 Å². The van der Waals surface area contributed by atoms with E-state index in [1.54, 1.807) is 12.1 Å². The van der Waals surface area contributed by atoms with Gasteiger partial charge in [0.2, 0.25) is 5.91 Å². The molecule has 1 aliphatic carbocycles.